The molecule has 0 aliphatic carbocycles. The van der Waals surface area contributed by atoms with Crippen LogP contribution in [0.15, 0.2) is 48.5 Å². The average Bonchev–Trinajstić information content (AvgIpc) is 2.53. The summed E-state index contributed by atoms with van der Waals surface area (Å²) < 4.78 is 19.1. The summed E-state index contributed by atoms with van der Waals surface area (Å²) >= 11 is 0. The van der Waals surface area contributed by atoms with E-state index in [0.717, 1.165) is 12.1 Å². The van der Waals surface area contributed by atoms with E-state index in [1.807, 2.05) is 18.2 Å². The fourth-order valence-electron chi connectivity index (χ4n) is 2.67. The van der Waals surface area contributed by atoms with Crippen LogP contribution in [0.25, 0.3) is 0 Å². The summed E-state index contributed by atoms with van der Waals surface area (Å²) in [5, 5.41) is 3.45. The first kappa shape index (κ1) is 15.5. The number of ether oxygens (including phenoxy) is 1. The van der Waals surface area contributed by atoms with Gasteiger partial charge in [0.1, 0.15) is 11.6 Å². The van der Waals surface area contributed by atoms with E-state index in [0.29, 0.717) is 5.75 Å². The molecule has 2 rings (SSSR count). The van der Waals surface area contributed by atoms with E-state index < -0.39 is 0 Å². The average molecular weight is 287 g/mol. The predicted molar refractivity (Wildman–Crippen MR) is 84.2 cm³/mol. The van der Waals surface area contributed by atoms with Crippen LogP contribution in [0.2, 0.25) is 0 Å². The van der Waals surface area contributed by atoms with Crippen LogP contribution in [0.3, 0.4) is 0 Å². The molecule has 3 heteroatoms. The number of benzene rings is 2. The number of nitrogens with one attached hydrogen (secondary N) is 1. The molecule has 0 saturated carbocycles. The zero-order valence-electron chi connectivity index (χ0n) is 12.8. The van der Waals surface area contributed by atoms with E-state index in [-0.39, 0.29) is 17.8 Å². The standard InChI is InChI=1S/C18H22FNO/c1-4-20-18(13(2)14-8-6-5-7-9-14)16-12-15(19)10-11-17(16)21-3/h5-13,18,20H,4H2,1-3H3. The molecular formula is C18H22FNO. The van der Waals surface area contributed by atoms with Crippen molar-refractivity contribution in [2.24, 2.45) is 0 Å². The van der Waals surface area contributed by atoms with Gasteiger partial charge >= 0.3 is 0 Å². The summed E-state index contributed by atoms with van der Waals surface area (Å²) in [4.78, 5) is 0. The van der Waals surface area contributed by atoms with Crippen molar-refractivity contribution in [2.75, 3.05) is 13.7 Å². The number of hydrogen-bond acceptors (Lipinski definition) is 2. The topological polar surface area (TPSA) is 21.3 Å². The van der Waals surface area contributed by atoms with Crippen molar-refractivity contribution in [2.45, 2.75) is 25.8 Å². The van der Waals surface area contributed by atoms with E-state index in [2.05, 4.69) is 31.3 Å². The van der Waals surface area contributed by atoms with Gasteiger partial charge in [0.05, 0.1) is 7.11 Å². The first-order valence-corrected chi connectivity index (χ1v) is 7.29. The van der Waals surface area contributed by atoms with Crippen molar-refractivity contribution in [1.82, 2.24) is 5.32 Å². The van der Waals surface area contributed by atoms with Crippen LogP contribution in [-0.2, 0) is 0 Å². The van der Waals surface area contributed by atoms with Gasteiger partial charge in [0.25, 0.3) is 0 Å². The minimum Gasteiger partial charge on any atom is -0.496 e. The summed E-state index contributed by atoms with van der Waals surface area (Å²) in [7, 11) is 1.62. The largest absolute Gasteiger partial charge is 0.496 e. The lowest BCUT2D eigenvalue weighted by molar-refractivity contribution is 0.388. The van der Waals surface area contributed by atoms with Gasteiger partial charge in [-0.2, -0.15) is 0 Å². The van der Waals surface area contributed by atoms with Gasteiger partial charge in [0.15, 0.2) is 0 Å². The van der Waals surface area contributed by atoms with Gasteiger partial charge in [0.2, 0.25) is 0 Å². The maximum atomic E-state index is 13.7. The molecule has 112 valence electrons. The fourth-order valence-corrected chi connectivity index (χ4v) is 2.67. The van der Waals surface area contributed by atoms with Crippen molar-refractivity contribution < 1.29 is 9.13 Å². The first-order valence-electron chi connectivity index (χ1n) is 7.29. The molecule has 0 bridgehead atoms. The minimum atomic E-state index is -0.242. The normalized spacial score (nSPS) is 13.7. The van der Waals surface area contributed by atoms with Crippen molar-refractivity contribution in [3.05, 3.63) is 65.5 Å². The lowest BCUT2D eigenvalue weighted by Crippen LogP contribution is -2.26. The van der Waals surface area contributed by atoms with Gasteiger partial charge in [-0.1, -0.05) is 44.2 Å². The lowest BCUT2D eigenvalue weighted by Gasteiger charge is -2.27. The van der Waals surface area contributed by atoms with E-state index in [9.17, 15) is 4.39 Å². The van der Waals surface area contributed by atoms with Crippen LogP contribution in [0, 0.1) is 5.82 Å². The van der Waals surface area contributed by atoms with E-state index in [1.54, 1.807) is 19.2 Å². The zero-order chi connectivity index (χ0) is 15.2. The highest BCUT2D eigenvalue weighted by Crippen LogP contribution is 2.35. The molecule has 0 saturated heterocycles. The molecule has 2 nitrogen and oxygen atoms in total. The summed E-state index contributed by atoms with van der Waals surface area (Å²) in [6, 6.07) is 14.9. The molecule has 0 radical (unpaired) electrons. The van der Waals surface area contributed by atoms with Gasteiger partial charge in [0, 0.05) is 17.5 Å². The third-order valence-corrected chi connectivity index (χ3v) is 3.78. The van der Waals surface area contributed by atoms with Crippen molar-refractivity contribution in [3.8, 4) is 5.75 Å². The van der Waals surface area contributed by atoms with Crippen molar-refractivity contribution in [3.63, 3.8) is 0 Å². The highest BCUT2D eigenvalue weighted by atomic mass is 19.1. The maximum Gasteiger partial charge on any atom is 0.123 e. The van der Waals surface area contributed by atoms with E-state index in [1.165, 1.54) is 11.6 Å². The molecule has 0 spiro atoms. The van der Waals surface area contributed by atoms with Crippen LogP contribution in [-0.4, -0.2) is 13.7 Å². The van der Waals surface area contributed by atoms with Crippen LogP contribution in [0.1, 0.15) is 36.9 Å². The summed E-state index contributed by atoms with van der Waals surface area (Å²) in [5.74, 6) is 0.681. The number of rotatable bonds is 6. The Labute approximate surface area is 126 Å². The number of halogens is 1. The van der Waals surface area contributed by atoms with Crippen LogP contribution >= 0.6 is 0 Å². The van der Waals surface area contributed by atoms with E-state index >= 15 is 0 Å². The smallest absolute Gasteiger partial charge is 0.123 e. The Kier molecular flexibility index (Phi) is 5.34. The summed E-state index contributed by atoms with van der Waals surface area (Å²) in [6.45, 7) is 5.00. The monoisotopic (exact) mass is 287 g/mol. The fraction of sp³-hybridized carbons (Fsp3) is 0.333. The minimum absolute atomic E-state index is 0.00282. The lowest BCUT2D eigenvalue weighted by atomic mass is 9.88. The number of likely N-dealkylation sites (N-methyl/N-ethyl adjacent to an activating group) is 1. The molecule has 2 atom stereocenters. The third-order valence-electron chi connectivity index (χ3n) is 3.78. The Morgan fingerprint density at radius 1 is 1.14 bits per heavy atom. The summed E-state index contributed by atoms with van der Waals surface area (Å²) in [5.41, 5.74) is 2.07. The molecule has 0 aliphatic heterocycles. The molecule has 0 aliphatic rings. The molecule has 0 amide bonds. The highest BCUT2D eigenvalue weighted by molar-refractivity contribution is 5.39. The van der Waals surface area contributed by atoms with Crippen molar-refractivity contribution in [1.29, 1.82) is 0 Å². The quantitative estimate of drug-likeness (QED) is 0.856. The molecule has 1 N–H and O–H groups in total. The van der Waals surface area contributed by atoms with Gasteiger partial charge in [-0.25, -0.2) is 4.39 Å². The first-order chi connectivity index (χ1) is 10.2. The van der Waals surface area contributed by atoms with Gasteiger partial charge in [-0.3, -0.25) is 0 Å². The van der Waals surface area contributed by atoms with Gasteiger partial charge < -0.3 is 10.1 Å². The Hall–Kier alpha value is -1.87. The number of methoxy groups -OCH3 is 1. The highest BCUT2D eigenvalue weighted by Gasteiger charge is 2.23. The molecular weight excluding hydrogens is 265 g/mol. The Bertz CT molecular complexity index is 571. The third kappa shape index (κ3) is 3.61. The predicted octanol–water partition coefficient (Wildman–Crippen LogP) is 4.29. The van der Waals surface area contributed by atoms with Gasteiger partial charge in [-0.15, -0.1) is 0 Å². The number of hydrogen-bond donors (Lipinski definition) is 1. The van der Waals surface area contributed by atoms with Crippen LogP contribution in [0.4, 0.5) is 4.39 Å². The maximum absolute atomic E-state index is 13.7. The Morgan fingerprint density at radius 2 is 1.86 bits per heavy atom. The second kappa shape index (κ2) is 7.23. The second-order valence-corrected chi connectivity index (χ2v) is 5.12. The molecule has 0 heterocycles. The molecule has 2 aromatic rings. The molecule has 2 unspecified atom stereocenters. The van der Waals surface area contributed by atoms with Gasteiger partial charge in [-0.05, 0) is 30.3 Å². The van der Waals surface area contributed by atoms with Crippen LogP contribution < -0.4 is 10.1 Å². The van der Waals surface area contributed by atoms with E-state index in [4.69, 9.17) is 4.74 Å². The summed E-state index contributed by atoms with van der Waals surface area (Å²) in [6.07, 6.45) is 0. The zero-order valence-corrected chi connectivity index (χ0v) is 12.8. The Morgan fingerprint density at radius 3 is 2.48 bits per heavy atom. The van der Waals surface area contributed by atoms with Crippen LogP contribution in [0.5, 0.6) is 5.75 Å². The second-order valence-electron chi connectivity index (χ2n) is 5.12. The Balaban J connectivity index is 2.41. The molecule has 21 heavy (non-hydrogen) atoms. The molecule has 2 aromatic carbocycles. The molecule has 0 aromatic heterocycles. The molecule has 0 fully saturated rings. The SMILES string of the molecule is CCNC(c1cc(F)ccc1OC)C(C)c1ccccc1. The van der Waals surface area contributed by atoms with Crippen molar-refractivity contribution >= 4 is 0 Å².